The fourth-order valence-corrected chi connectivity index (χ4v) is 3.93. The number of anilines is 3. The quantitative estimate of drug-likeness (QED) is 0.645. The molecule has 160 valence electrons. The lowest BCUT2D eigenvalue weighted by Gasteiger charge is -2.30. The van der Waals surface area contributed by atoms with Gasteiger partial charge in [0, 0.05) is 14.5 Å². The second-order valence-corrected chi connectivity index (χ2v) is 7.85. The Morgan fingerprint density at radius 2 is 2.03 bits per heavy atom. The molecule has 1 amide bonds. The molecule has 0 bridgehead atoms. The standard InChI is InChI=1S/C22H30N6O2/c1-2-3-11-30-22-25-20(23)19-21(26-22)28(15-18(29)24-19)14-17-8-6-7-16(12-17)13-27-9-4-5-10-27/h6-8,12H,2-5,9-11,13-15H2,1H3,(H,24,29)(H2,23,25,26)/i1D. The van der Waals surface area contributed by atoms with Crippen LogP contribution >= 0.6 is 0 Å². The van der Waals surface area contributed by atoms with Crippen LogP contribution in [0.4, 0.5) is 17.3 Å². The highest BCUT2D eigenvalue weighted by atomic mass is 16.5. The number of nitrogens with two attached hydrogens (primary N) is 1. The Morgan fingerprint density at radius 3 is 2.83 bits per heavy atom. The van der Waals surface area contributed by atoms with E-state index in [1.807, 2.05) is 4.90 Å². The third kappa shape index (κ3) is 4.81. The van der Waals surface area contributed by atoms with E-state index < -0.39 is 0 Å². The summed E-state index contributed by atoms with van der Waals surface area (Å²) in [5.74, 6) is 0.633. The van der Waals surface area contributed by atoms with Crippen molar-refractivity contribution in [1.29, 1.82) is 0 Å². The van der Waals surface area contributed by atoms with Crippen molar-refractivity contribution in [1.82, 2.24) is 14.9 Å². The highest BCUT2D eigenvalue weighted by Gasteiger charge is 2.27. The molecule has 3 N–H and O–H groups in total. The molecule has 2 aliphatic heterocycles. The maximum atomic E-state index is 12.3. The number of nitrogens with one attached hydrogen (secondary N) is 1. The predicted octanol–water partition coefficient (Wildman–Crippen LogP) is 2.79. The van der Waals surface area contributed by atoms with E-state index in [9.17, 15) is 4.79 Å². The van der Waals surface area contributed by atoms with E-state index in [4.69, 9.17) is 11.8 Å². The first-order valence-electron chi connectivity index (χ1n) is 11.3. The molecule has 1 saturated heterocycles. The van der Waals surface area contributed by atoms with Gasteiger partial charge in [-0.25, -0.2) is 0 Å². The molecule has 8 heteroatoms. The number of hydrogen-bond donors (Lipinski definition) is 2. The topological polar surface area (TPSA) is 96.6 Å². The lowest BCUT2D eigenvalue weighted by Crippen LogP contribution is -2.39. The van der Waals surface area contributed by atoms with Crippen LogP contribution in [0.5, 0.6) is 6.01 Å². The van der Waals surface area contributed by atoms with E-state index in [2.05, 4.69) is 44.5 Å². The minimum absolute atomic E-state index is 0.139. The van der Waals surface area contributed by atoms with Crippen LogP contribution in [0.3, 0.4) is 0 Å². The molecule has 2 aliphatic rings. The lowest BCUT2D eigenvalue weighted by atomic mass is 10.1. The van der Waals surface area contributed by atoms with Crippen LogP contribution in [-0.2, 0) is 17.9 Å². The predicted molar refractivity (Wildman–Crippen MR) is 117 cm³/mol. The highest BCUT2D eigenvalue weighted by Crippen LogP contribution is 2.34. The minimum atomic E-state index is -0.139. The van der Waals surface area contributed by atoms with Gasteiger partial charge >= 0.3 is 6.01 Å². The number of aromatic nitrogens is 2. The molecule has 2 aromatic rings. The van der Waals surface area contributed by atoms with E-state index in [1.165, 1.54) is 18.4 Å². The van der Waals surface area contributed by atoms with Crippen LogP contribution in [0, 0.1) is 0 Å². The highest BCUT2D eigenvalue weighted by molar-refractivity contribution is 6.03. The second-order valence-electron chi connectivity index (χ2n) is 7.85. The second kappa shape index (κ2) is 9.30. The van der Waals surface area contributed by atoms with Gasteiger partial charge in [-0.05, 0) is 43.5 Å². The molecule has 0 saturated carbocycles. The van der Waals surface area contributed by atoms with Crippen molar-refractivity contribution in [2.24, 2.45) is 0 Å². The normalized spacial score (nSPS) is 16.9. The molecule has 1 aromatic heterocycles. The molecule has 0 atom stereocenters. The minimum Gasteiger partial charge on any atom is -0.463 e. The summed E-state index contributed by atoms with van der Waals surface area (Å²) in [5.41, 5.74) is 8.93. The Kier molecular flexibility index (Phi) is 5.92. The number of amides is 1. The fraction of sp³-hybridized carbons (Fsp3) is 0.500. The van der Waals surface area contributed by atoms with Crippen LogP contribution in [-0.4, -0.2) is 47.0 Å². The summed E-state index contributed by atoms with van der Waals surface area (Å²) in [6.45, 7) is 4.81. The van der Waals surface area contributed by atoms with Crippen molar-refractivity contribution in [3.63, 3.8) is 0 Å². The van der Waals surface area contributed by atoms with Crippen LogP contribution in [0.1, 0.15) is 45.1 Å². The van der Waals surface area contributed by atoms with Gasteiger partial charge in [-0.3, -0.25) is 9.69 Å². The zero-order valence-electron chi connectivity index (χ0n) is 18.3. The number of carbonyl (C=O) groups excluding carboxylic acids is 1. The van der Waals surface area contributed by atoms with Gasteiger partial charge in [-0.2, -0.15) is 9.97 Å². The molecule has 8 nitrogen and oxygen atoms in total. The molecule has 1 fully saturated rings. The summed E-state index contributed by atoms with van der Waals surface area (Å²) in [4.78, 5) is 25.4. The van der Waals surface area contributed by atoms with Crippen molar-refractivity contribution >= 4 is 23.2 Å². The summed E-state index contributed by atoms with van der Waals surface area (Å²) < 4.78 is 12.9. The first-order valence-corrected chi connectivity index (χ1v) is 10.6. The summed E-state index contributed by atoms with van der Waals surface area (Å²) in [6.07, 6.45) is 4.06. The number of nitrogen functional groups attached to an aromatic ring is 1. The molecule has 3 heterocycles. The Labute approximate surface area is 178 Å². The molecule has 0 unspecified atom stereocenters. The number of benzene rings is 1. The van der Waals surface area contributed by atoms with Gasteiger partial charge in [0.2, 0.25) is 5.91 Å². The van der Waals surface area contributed by atoms with Crippen LogP contribution in [0.25, 0.3) is 0 Å². The summed E-state index contributed by atoms with van der Waals surface area (Å²) >= 11 is 0. The SMILES string of the molecule is [2H]CCCCOc1nc(N)c2c(n1)N(Cc1cccc(CN3CCCC3)c1)CC(=O)N2. The maximum absolute atomic E-state index is 12.3. The van der Waals surface area contributed by atoms with Crippen molar-refractivity contribution in [3.05, 3.63) is 35.4 Å². The van der Waals surface area contributed by atoms with Gasteiger partial charge < -0.3 is 20.7 Å². The largest absolute Gasteiger partial charge is 0.463 e. The van der Waals surface area contributed by atoms with Crippen LogP contribution in [0.2, 0.25) is 0 Å². The van der Waals surface area contributed by atoms with Gasteiger partial charge in [0.05, 0.1) is 13.2 Å². The van der Waals surface area contributed by atoms with Crippen LogP contribution < -0.4 is 20.7 Å². The number of ether oxygens (including phenoxy) is 1. The van der Waals surface area contributed by atoms with Crippen LogP contribution in [0.15, 0.2) is 24.3 Å². The van der Waals surface area contributed by atoms with Gasteiger partial charge in [0.15, 0.2) is 11.6 Å². The third-order valence-electron chi connectivity index (χ3n) is 5.39. The molecule has 0 radical (unpaired) electrons. The Morgan fingerprint density at radius 1 is 1.23 bits per heavy atom. The van der Waals surface area contributed by atoms with Crippen molar-refractivity contribution in [2.75, 3.05) is 42.2 Å². The van der Waals surface area contributed by atoms with Crippen molar-refractivity contribution in [3.8, 4) is 6.01 Å². The molecular formula is C22H30N6O2. The monoisotopic (exact) mass is 411 g/mol. The van der Waals surface area contributed by atoms with E-state index >= 15 is 0 Å². The van der Waals surface area contributed by atoms with E-state index in [1.54, 1.807) is 0 Å². The number of hydrogen-bond acceptors (Lipinski definition) is 7. The number of likely N-dealkylation sites (tertiary alicyclic amines) is 1. The van der Waals surface area contributed by atoms with Gasteiger partial charge in [0.25, 0.3) is 0 Å². The summed E-state index contributed by atoms with van der Waals surface area (Å²) in [7, 11) is 0. The molecule has 1 aromatic carbocycles. The van der Waals surface area contributed by atoms with Gasteiger partial charge in [-0.15, -0.1) is 0 Å². The number of nitrogens with zero attached hydrogens (tertiary/aromatic N) is 4. The first kappa shape index (κ1) is 19.1. The maximum Gasteiger partial charge on any atom is 0.320 e. The van der Waals surface area contributed by atoms with Gasteiger partial charge in [-0.1, -0.05) is 37.6 Å². The van der Waals surface area contributed by atoms with Crippen molar-refractivity contribution in [2.45, 2.75) is 45.7 Å². The Bertz CT molecular complexity index is 919. The number of carbonyl (C=O) groups is 1. The van der Waals surface area contributed by atoms with E-state index in [0.717, 1.165) is 38.0 Å². The summed E-state index contributed by atoms with van der Waals surface area (Å²) in [5, 5.41) is 2.79. The Hall–Kier alpha value is -2.87. The molecule has 4 rings (SSSR count). The number of fused-ring (bicyclic) bond motifs is 1. The fourth-order valence-electron chi connectivity index (χ4n) is 3.93. The number of unbranched alkanes of at least 4 members (excludes halogenated alkanes) is 1. The first-order chi connectivity index (χ1) is 15.1. The smallest absolute Gasteiger partial charge is 0.320 e. The number of rotatable bonds is 8. The third-order valence-corrected chi connectivity index (χ3v) is 5.39. The van der Waals surface area contributed by atoms with E-state index in [0.29, 0.717) is 31.6 Å². The zero-order chi connectivity index (χ0) is 21.6. The van der Waals surface area contributed by atoms with Gasteiger partial charge in [0.1, 0.15) is 5.69 Å². The Balaban J connectivity index is 1.51. The van der Waals surface area contributed by atoms with Crippen molar-refractivity contribution < 1.29 is 10.9 Å². The molecule has 30 heavy (non-hydrogen) atoms. The lowest BCUT2D eigenvalue weighted by molar-refractivity contribution is -0.115. The average Bonchev–Trinajstić information content (AvgIpc) is 3.25. The molecule has 0 spiro atoms. The molecule has 0 aliphatic carbocycles. The summed E-state index contributed by atoms with van der Waals surface area (Å²) in [6, 6.07) is 8.70. The zero-order valence-corrected chi connectivity index (χ0v) is 17.3. The average molecular weight is 412 g/mol. The van der Waals surface area contributed by atoms with E-state index in [-0.39, 0.29) is 24.3 Å². The molecular weight excluding hydrogens is 380 g/mol.